The predicted molar refractivity (Wildman–Crippen MR) is 94.9 cm³/mol. The van der Waals surface area contributed by atoms with Gasteiger partial charge in [-0.1, -0.05) is 11.6 Å². The first-order valence-electron chi connectivity index (χ1n) is 8.00. The van der Waals surface area contributed by atoms with Crippen LogP contribution < -0.4 is 10.6 Å². The molecule has 0 aliphatic rings. The van der Waals surface area contributed by atoms with Crippen LogP contribution in [0.2, 0.25) is 5.02 Å². The van der Waals surface area contributed by atoms with E-state index in [9.17, 15) is 27.6 Å². The first-order valence-corrected chi connectivity index (χ1v) is 8.38. The summed E-state index contributed by atoms with van der Waals surface area (Å²) in [5.74, 6) is -4.98. The second-order valence-corrected chi connectivity index (χ2v) is 5.90. The number of rotatable bonds is 7. The van der Waals surface area contributed by atoms with Crippen molar-refractivity contribution in [2.24, 2.45) is 0 Å². The molecule has 0 atom stereocenters. The molecule has 2 N–H and O–H groups in total. The Morgan fingerprint density at radius 1 is 1.25 bits per heavy atom. The summed E-state index contributed by atoms with van der Waals surface area (Å²) in [6, 6.07) is 0.401. The lowest BCUT2D eigenvalue weighted by molar-refractivity contribution is -0.140. The van der Waals surface area contributed by atoms with Gasteiger partial charge in [-0.3, -0.25) is 0 Å². The van der Waals surface area contributed by atoms with Gasteiger partial charge in [0.15, 0.2) is 0 Å². The molecule has 11 heteroatoms. The molecule has 0 radical (unpaired) electrons. The first-order chi connectivity index (χ1) is 13.1. The second kappa shape index (κ2) is 10.5. The lowest BCUT2D eigenvalue weighted by atomic mass is 10.2. The Labute approximate surface area is 163 Å². The van der Waals surface area contributed by atoms with Gasteiger partial charge in [-0.15, -0.1) is 0 Å². The summed E-state index contributed by atoms with van der Waals surface area (Å²) in [6.45, 7) is 2.89. The van der Waals surface area contributed by atoms with Crippen molar-refractivity contribution in [3.8, 4) is 0 Å². The summed E-state index contributed by atoms with van der Waals surface area (Å²) in [4.78, 5) is 35.1. The van der Waals surface area contributed by atoms with Gasteiger partial charge < -0.3 is 20.1 Å². The van der Waals surface area contributed by atoms with E-state index in [0.717, 1.165) is 12.1 Å². The van der Waals surface area contributed by atoms with Crippen molar-refractivity contribution in [2.45, 2.75) is 26.9 Å². The number of carbonyl (C=O) groups is 3. The van der Waals surface area contributed by atoms with Crippen LogP contribution in [0.5, 0.6) is 0 Å². The van der Waals surface area contributed by atoms with Crippen LogP contribution in [0, 0.1) is 5.82 Å². The second-order valence-electron chi connectivity index (χ2n) is 5.49. The Kier molecular flexibility index (Phi) is 8.77. The maximum Gasteiger partial charge on any atom is 0.369 e. The van der Waals surface area contributed by atoms with Crippen LogP contribution in [0.4, 0.5) is 23.7 Å². The standard InChI is InChI=1S/C17H18ClF3N2O5/c1-4-27-16(25)14(21)13(7-19)23-17(26)22-12-5-9(10(18)6-11(12)20)15(24)28-8(2)3/h5-6,8H,4,7H2,1-3H3,(H2,22,23,26). The minimum atomic E-state index is -1.64. The molecule has 0 saturated carbocycles. The lowest BCUT2D eigenvalue weighted by Gasteiger charge is -2.13. The number of ether oxygens (including phenoxy) is 2. The highest BCUT2D eigenvalue weighted by Crippen LogP contribution is 2.25. The van der Waals surface area contributed by atoms with Crippen molar-refractivity contribution in [3.63, 3.8) is 0 Å². The van der Waals surface area contributed by atoms with Gasteiger partial charge in [0, 0.05) is 0 Å². The molecule has 0 fully saturated rings. The van der Waals surface area contributed by atoms with Crippen molar-refractivity contribution >= 4 is 35.3 Å². The highest BCUT2D eigenvalue weighted by atomic mass is 35.5. The van der Waals surface area contributed by atoms with E-state index < -0.39 is 53.8 Å². The number of alkyl halides is 1. The van der Waals surface area contributed by atoms with Gasteiger partial charge in [-0.25, -0.2) is 23.2 Å². The Bertz CT molecular complexity index is 799. The van der Waals surface area contributed by atoms with Crippen molar-refractivity contribution in [1.29, 1.82) is 0 Å². The van der Waals surface area contributed by atoms with Crippen LogP contribution in [-0.4, -0.2) is 37.4 Å². The number of benzene rings is 1. The summed E-state index contributed by atoms with van der Waals surface area (Å²) in [7, 11) is 0. The minimum absolute atomic E-state index is 0.163. The molecule has 2 amide bonds. The van der Waals surface area contributed by atoms with Crippen LogP contribution in [0.3, 0.4) is 0 Å². The molecule has 154 valence electrons. The zero-order valence-corrected chi connectivity index (χ0v) is 16.0. The van der Waals surface area contributed by atoms with Crippen molar-refractivity contribution in [1.82, 2.24) is 5.32 Å². The van der Waals surface area contributed by atoms with Crippen LogP contribution >= 0.6 is 11.6 Å². The van der Waals surface area contributed by atoms with E-state index in [0.29, 0.717) is 0 Å². The Hall–Kier alpha value is -2.75. The number of amides is 2. The number of hydrogen-bond acceptors (Lipinski definition) is 5. The summed E-state index contributed by atoms with van der Waals surface area (Å²) < 4.78 is 50.0. The number of allylic oxidation sites excluding steroid dienone is 1. The number of anilines is 1. The molecule has 0 bridgehead atoms. The number of nitrogens with one attached hydrogen (secondary N) is 2. The zero-order valence-electron chi connectivity index (χ0n) is 15.2. The molecule has 0 aliphatic carbocycles. The Balaban J connectivity index is 3.04. The largest absolute Gasteiger partial charge is 0.461 e. The van der Waals surface area contributed by atoms with E-state index >= 15 is 0 Å². The van der Waals surface area contributed by atoms with Gasteiger partial charge in [0.25, 0.3) is 0 Å². The van der Waals surface area contributed by atoms with Crippen LogP contribution in [0.25, 0.3) is 0 Å². The lowest BCUT2D eigenvalue weighted by Crippen LogP contribution is -2.31. The molecule has 1 aromatic rings. The molecule has 0 spiro atoms. The van der Waals surface area contributed by atoms with E-state index in [-0.39, 0.29) is 17.2 Å². The minimum Gasteiger partial charge on any atom is -0.461 e. The third kappa shape index (κ3) is 6.45. The fourth-order valence-corrected chi connectivity index (χ4v) is 2.06. The topological polar surface area (TPSA) is 93.7 Å². The third-order valence-electron chi connectivity index (χ3n) is 2.99. The molecular weight excluding hydrogens is 405 g/mol. The van der Waals surface area contributed by atoms with Crippen molar-refractivity contribution < 1.29 is 37.0 Å². The van der Waals surface area contributed by atoms with Crippen molar-refractivity contribution in [2.75, 3.05) is 18.6 Å². The highest BCUT2D eigenvalue weighted by molar-refractivity contribution is 6.33. The normalized spacial score (nSPS) is 11.6. The zero-order chi connectivity index (χ0) is 21.4. The summed E-state index contributed by atoms with van der Waals surface area (Å²) in [5, 5.41) is 3.45. The average Bonchev–Trinajstić information content (AvgIpc) is 2.60. The van der Waals surface area contributed by atoms with Crippen LogP contribution in [0.1, 0.15) is 31.1 Å². The molecule has 7 nitrogen and oxygen atoms in total. The highest BCUT2D eigenvalue weighted by Gasteiger charge is 2.21. The van der Waals surface area contributed by atoms with E-state index in [4.69, 9.17) is 16.3 Å². The van der Waals surface area contributed by atoms with Gasteiger partial charge in [0.2, 0.25) is 5.83 Å². The number of hydrogen-bond donors (Lipinski definition) is 2. The van der Waals surface area contributed by atoms with Gasteiger partial charge in [0.1, 0.15) is 12.5 Å². The Morgan fingerprint density at radius 2 is 1.89 bits per heavy atom. The smallest absolute Gasteiger partial charge is 0.369 e. The van der Waals surface area contributed by atoms with Gasteiger partial charge in [-0.2, -0.15) is 4.39 Å². The van der Waals surface area contributed by atoms with Crippen LogP contribution in [0.15, 0.2) is 23.7 Å². The van der Waals surface area contributed by atoms with Gasteiger partial charge in [0.05, 0.1) is 34.7 Å². The number of carbonyl (C=O) groups excluding carboxylic acids is 3. The first kappa shape index (κ1) is 23.3. The Morgan fingerprint density at radius 3 is 2.43 bits per heavy atom. The number of esters is 2. The molecular formula is C17H18ClF3N2O5. The monoisotopic (exact) mass is 422 g/mol. The quantitative estimate of drug-likeness (QED) is 0.513. The molecule has 1 aromatic carbocycles. The average molecular weight is 423 g/mol. The van der Waals surface area contributed by atoms with Gasteiger partial charge in [-0.05, 0) is 32.9 Å². The molecule has 0 saturated heterocycles. The molecule has 0 aliphatic heterocycles. The summed E-state index contributed by atoms with van der Waals surface area (Å²) in [6.07, 6.45) is -0.476. The molecule has 1 rings (SSSR count). The number of halogens is 4. The molecule has 0 aromatic heterocycles. The summed E-state index contributed by atoms with van der Waals surface area (Å²) in [5.41, 5.74) is -1.75. The van der Waals surface area contributed by atoms with Gasteiger partial charge >= 0.3 is 18.0 Å². The number of urea groups is 1. The fraction of sp³-hybridized carbons (Fsp3) is 0.353. The predicted octanol–water partition coefficient (Wildman–Crippen LogP) is 3.88. The van der Waals surface area contributed by atoms with E-state index in [2.05, 4.69) is 4.74 Å². The molecule has 28 heavy (non-hydrogen) atoms. The van der Waals surface area contributed by atoms with E-state index in [1.807, 2.05) is 5.32 Å². The maximum absolute atomic E-state index is 14.0. The third-order valence-corrected chi connectivity index (χ3v) is 3.30. The molecule has 0 heterocycles. The SMILES string of the molecule is CCOC(=O)C(F)=C(CF)NC(=O)Nc1cc(C(=O)OC(C)C)c(Cl)cc1F. The van der Waals surface area contributed by atoms with Crippen LogP contribution in [-0.2, 0) is 14.3 Å². The van der Waals surface area contributed by atoms with E-state index in [1.165, 1.54) is 6.92 Å². The summed E-state index contributed by atoms with van der Waals surface area (Å²) >= 11 is 5.80. The maximum atomic E-state index is 14.0. The van der Waals surface area contributed by atoms with E-state index in [1.54, 1.807) is 19.2 Å². The van der Waals surface area contributed by atoms with Crippen molar-refractivity contribution in [3.05, 3.63) is 40.1 Å². The molecule has 0 unspecified atom stereocenters. The fourth-order valence-electron chi connectivity index (χ4n) is 1.83.